The molecule has 0 bridgehead atoms. The third kappa shape index (κ3) is 4.24. The molecule has 3 heterocycles. The predicted octanol–water partition coefficient (Wildman–Crippen LogP) is 2.99. The van der Waals surface area contributed by atoms with Gasteiger partial charge in [0.05, 0.1) is 27.9 Å². The van der Waals surface area contributed by atoms with Crippen molar-refractivity contribution < 1.29 is 9.53 Å². The molecule has 0 radical (unpaired) electrons. The molecule has 0 spiro atoms. The smallest absolute Gasteiger partial charge is 0.220 e. The Morgan fingerprint density at radius 1 is 1.35 bits per heavy atom. The fraction of sp³-hybridized carbons (Fsp3) is 0.600. The summed E-state index contributed by atoms with van der Waals surface area (Å²) in [5, 5.41) is 4.40. The van der Waals surface area contributed by atoms with Gasteiger partial charge in [-0.25, -0.2) is 4.98 Å². The van der Waals surface area contributed by atoms with Gasteiger partial charge in [-0.3, -0.25) is 9.69 Å². The number of nitrogens with one attached hydrogen (secondary N) is 1. The normalized spacial score (nSPS) is 26.1. The minimum absolute atomic E-state index is 0.188. The van der Waals surface area contributed by atoms with Gasteiger partial charge in [-0.05, 0) is 44.7 Å². The van der Waals surface area contributed by atoms with Crippen LogP contribution in [0.5, 0.6) is 0 Å². The number of morpholine rings is 1. The van der Waals surface area contributed by atoms with Crippen LogP contribution in [0.1, 0.15) is 37.6 Å². The number of aryl methyl sites for hydroxylation is 1. The predicted molar refractivity (Wildman–Crippen MR) is 104 cm³/mol. The molecule has 1 aromatic heterocycles. The average Bonchev–Trinajstić information content (AvgIpc) is 3.21. The van der Waals surface area contributed by atoms with Crippen LogP contribution in [0.25, 0.3) is 10.2 Å². The molecule has 0 saturated carbocycles. The van der Waals surface area contributed by atoms with Crippen molar-refractivity contribution in [2.24, 2.45) is 0 Å². The lowest BCUT2D eigenvalue weighted by Crippen LogP contribution is -2.45. The molecule has 2 saturated heterocycles. The third-order valence-electron chi connectivity index (χ3n) is 5.34. The number of nitrogens with zero attached hydrogens (tertiary/aromatic N) is 2. The van der Waals surface area contributed by atoms with E-state index in [1.54, 1.807) is 11.3 Å². The second-order valence-electron chi connectivity index (χ2n) is 7.53. The number of fused-ring (bicyclic) bond motifs is 2. The standard InChI is InChI=1S/C20H27N3O2S/c1-14-11-23-12-15(10-16(23)13-25-14)21-19(24)8-4-5-9-20-22-17-6-2-3-7-18(17)26-20/h2-3,6-7,14-16H,4-5,8-13H2,1H3,(H,21,24)/t14-,15-,16-/m0/s1. The van der Waals surface area contributed by atoms with Crippen molar-refractivity contribution in [3.05, 3.63) is 29.3 Å². The molecule has 2 aliphatic rings. The molecule has 2 aliphatic heterocycles. The van der Waals surface area contributed by atoms with Crippen molar-refractivity contribution in [2.75, 3.05) is 19.7 Å². The first-order valence-corrected chi connectivity index (χ1v) is 10.5. The largest absolute Gasteiger partial charge is 0.376 e. The van der Waals surface area contributed by atoms with Gasteiger partial charge in [-0.2, -0.15) is 0 Å². The highest BCUT2D eigenvalue weighted by atomic mass is 32.1. The Morgan fingerprint density at radius 2 is 2.23 bits per heavy atom. The number of carbonyl (C=O) groups excluding carboxylic acids is 1. The molecular formula is C20H27N3O2S. The van der Waals surface area contributed by atoms with Gasteiger partial charge in [-0.1, -0.05) is 12.1 Å². The van der Waals surface area contributed by atoms with Crippen LogP contribution in [0, 0.1) is 0 Å². The lowest BCUT2D eigenvalue weighted by Gasteiger charge is -2.33. The number of unbranched alkanes of at least 4 members (excludes halogenated alkanes) is 1. The van der Waals surface area contributed by atoms with Crippen molar-refractivity contribution in [1.82, 2.24) is 15.2 Å². The first-order valence-electron chi connectivity index (χ1n) is 9.67. The summed E-state index contributed by atoms with van der Waals surface area (Å²) in [7, 11) is 0. The monoisotopic (exact) mass is 373 g/mol. The highest BCUT2D eigenvalue weighted by Crippen LogP contribution is 2.24. The van der Waals surface area contributed by atoms with Gasteiger partial charge in [0.1, 0.15) is 0 Å². The Hall–Kier alpha value is -1.50. The Bertz CT molecular complexity index is 729. The Labute approximate surface area is 158 Å². The number of hydrogen-bond acceptors (Lipinski definition) is 5. The van der Waals surface area contributed by atoms with Crippen LogP contribution < -0.4 is 5.32 Å². The van der Waals surface area contributed by atoms with Gasteiger partial charge < -0.3 is 10.1 Å². The molecule has 0 aliphatic carbocycles. The quantitative estimate of drug-likeness (QED) is 0.791. The SMILES string of the molecule is C[C@H]1CN2C[C@@H](NC(=O)CCCCc3nc4ccccc4s3)C[C@H]2CO1. The van der Waals surface area contributed by atoms with Crippen molar-refractivity contribution >= 4 is 27.5 Å². The molecule has 140 valence electrons. The molecule has 2 fully saturated rings. The lowest BCUT2D eigenvalue weighted by molar-refractivity contribution is -0.121. The van der Waals surface area contributed by atoms with E-state index in [4.69, 9.17) is 4.74 Å². The summed E-state index contributed by atoms with van der Waals surface area (Å²) in [4.78, 5) is 19.4. The highest BCUT2D eigenvalue weighted by Gasteiger charge is 2.36. The molecule has 2 aromatic rings. The van der Waals surface area contributed by atoms with Crippen LogP contribution in [0.15, 0.2) is 24.3 Å². The summed E-state index contributed by atoms with van der Waals surface area (Å²) in [6.07, 6.45) is 4.83. The van der Waals surface area contributed by atoms with Gasteiger partial charge in [0.15, 0.2) is 0 Å². The molecule has 6 heteroatoms. The van der Waals surface area contributed by atoms with Crippen LogP contribution in [-0.2, 0) is 16.0 Å². The number of rotatable bonds is 6. The molecule has 0 unspecified atom stereocenters. The molecule has 26 heavy (non-hydrogen) atoms. The van der Waals surface area contributed by atoms with E-state index in [1.165, 1.54) is 9.71 Å². The first-order chi connectivity index (χ1) is 12.7. The highest BCUT2D eigenvalue weighted by molar-refractivity contribution is 7.18. The zero-order valence-electron chi connectivity index (χ0n) is 15.3. The number of hydrogen-bond donors (Lipinski definition) is 1. The van der Waals surface area contributed by atoms with E-state index in [1.807, 2.05) is 6.07 Å². The summed E-state index contributed by atoms with van der Waals surface area (Å²) in [5.41, 5.74) is 1.08. The van der Waals surface area contributed by atoms with E-state index in [0.29, 0.717) is 18.6 Å². The van der Waals surface area contributed by atoms with Gasteiger partial charge in [0.2, 0.25) is 5.91 Å². The molecule has 1 amide bonds. The van der Waals surface area contributed by atoms with Gasteiger partial charge in [-0.15, -0.1) is 11.3 Å². The Balaban J connectivity index is 1.16. The van der Waals surface area contributed by atoms with Crippen LogP contribution >= 0.6 is 11.3 Å². The maximum atomic E-state index is 12.2. The van der Waals surface area contributed by atoms with E-state index in [0.717, 1.165) is 50.9 Å². The van der Waals surface area contributed by atoms with Crippen molar-refractivity contribution in [2.45, 2.75) is 57.2 Å². The summed E-state index contributed by atoms with van der Waals surface area (Å²) in [6.45, 7) is 4.87. The van der Waals surface area contributed by atoms with E-state index in [9.17, 15) is 4.79 Å². The maximum absolute atomic E-state index is 12.2. The second kappa shape index (κ2) is 8.03. The average molecular weight is 374 g/mol. The van der Waals surface area contributed by atoms with Gasteiger partial charge in [0.25, 0.3) is 0 Å². The minimum Gasteiger partial charge on any atom is -0.376 e. The summed E-state index contributed by atoms with van der Waals surface area (Å²) in [5.74, 6) is 0.188. The minimum atomic E-state index is 0.188. The summed E-state index contributed by atoms with van der Waals surface area (Å²) >= 11 is 1.76. The number of benzene rings is 1. The third-order valence-corrected chi connectivity index (χ3v) is 6.44. The molecular weight excluding hydrogens is 346 g/mol. The van der Waals surface area contributed by atoms with Gasteiger partial charge in [0, 0.05) is 31.6 Å². The number of carbonyl (C=O) groups is 1. The Morgan fingerprint density at radius 3 is 3.12 bits per heavy atom. The maximum Gasteiger partial charge on any atom is 0.220 e. The van der Waals surface area contributed by atoms with Gasteiger partial charge >= 0.3 is 0 Å². The number of aromatic nitrogens is 1. The Kier molecular flexibility index (Phi) is 5.52. The molecule has 5 nitrogen and oxygen atoms in total. The van der Waals surface area contributed by atoms with E-state index < -0.39 is 0 Å². The fourth-order valence-electron chi connectivity index (χ4n) is 4.03. The molecule has 1 N–H and O–H groups in total. The number of thiazole rings is 1. The van der Waals surface area contributed by atoms with E-state index >= 15 is 0 Å². The summed E-state index contributed by atoms with van der Waals surface area (Å²) < 4.78 is 6.98. The van der Waals surface area contributed by atoms with E-state index in [2.05, 4.69) is 40.3 Å². The summed E-state index contributed by atoms with van der Waals surface area (Å²) in [6, 6.07) is 9.02. The number of ether oxygens (including phenoxy) is 1. The number of amides is 1. The van der Waals surface area contributed by atoms with Crippen molar-refractivity contribution in [1.29, 1.82) is 0 Å². The molecule has 1 aromatic carbocycles. The van der Waals surface area contributed by atoms with Crippen LogP contribution in [0.3, 0.4) is 0 Å². The topological polar surface area (TPSA) is 54.5 Å². The van der Waals surface area contributed by atoms with Crippen LogP contribution in [-0.4, -0.2) is 53.7 Å². The van der Waals surface area contributed by atoms with Crippen LogP contribution in [0.2, 0.25) is 0 Å². The molecule has 3 atom stereocenters. The lowest BCUT2D eigenvalue weighted by atomic mass is 10.1. The van der Waals surface area contributed by atoms with Crippen LogP contribution in [0.4, 0.5) is 0 Å². The zero-order chi connectivity index (χ0) is 17.9. The molecule has 4 rings (SSSR count). The van der Waals surface area contributed by atoms with Crippen molar-refractivity contribution in [3.63, 3.8) is 0 Å². The fourth-order valence-corrected chi connectivity index (χ4v) is 5.04. The first kappa shape index (κ1) is 17.9. The zero-order valence-corrected chi connectivity index (χ0v) is 16.1. The number of para-hydroxylation sites is 1. The van der Waals surface area contributed by atoms with Crippen molar-refractivity contribution in [3.8, 4) is 0 Å². The van der Waals surface area contributed by atoms with E-state index in [-0.39, 0.29) is 11.9 Å². The second-order valence-corrected chi connectivity index (χ2v) is 8.65.